The van der Waals surface area contributed by atoms with Gasteiger partial charge in [-0.15, -0.1) is 11.6 Å². The molecule has 2 unspecified atom stereocenters. The van der Waals surface area contributed by atoms with Crippen molar-refractivity contribution in [3.8, 4) is 0 Å². The largest absolute Gasteiger partial charge is 0.381 e. The van der Waals surface area contributed by atoms with Gasteiger partial charge in [0.1, 0.15) is 11.6 Å². The molecule has 1 aliphatic rings. The lowest BCUT2D eigenvalue weighted by Gasteiger charge is -2.16. The summed E-state index contributed by atoms with van der Waals surface area (Å²) < 4.78 is 31.3. The predicted octanol–water partition coefficient (Wildman–Crippen LogP) is 3.28. The molecule has 0 bridgehead atoms. The second-order valence-electron chi connectivity index (χ2n) is 3.69. The van der Waals surface area contributed by atoms with Crippen molar-refractivity contribution in [3.05, 3.63) is 35.4 Å². The zero-order chi connectivity index (χ0) is 10.8. The Bertz CT molecular complexity index is 350. The van der Waals surface area contributed by atoms with E-state index < -0.39 is 17.0 Å². The van der Waals surface area contributed by atoms with Gasteiger partial charge in [0, 0.05) is 24.2 Å². The maximum atomic E-state index is 13.4. The maximum Gasteiger partial charge on any atom is 0.130 e. The number of hydrogen-bond acceptors (Lipinski definition) is 1. The summed E-state index contributed by atoms with van der Waals surface area (Å²) in [5.41, 5.74) is 0.355. The maximum absolute atomic E-state index is 13.4. The Kier molecular flexibility index (Phi) is 3.22. The number of halogens is 3. The number of ether oxygens (including phenoxy) is 1. The highest BCUT2D eigenvalue weighted by atomic mass is 35.5. The van der Waals surface area contributed by atoms with Crippen molar-refractivity contribution in [2.24, 2.45) is 5.92 Å². The molecule has 1 aromatic carbocycles. The van der Waals surface area contributed by atoms with Gasteiger partial charge in [-0.1, -0.05) is 6.07 Å². The van der Waals surface area contributed by atoms with Crippen molar-refractivity contribution < 1.29 is 13.5 Å². The van der Waals surface area contributed by atoms with Gasteiger partial charge in [-0.25, -0.2) is 8.78 Å². The zero-order valence-corrected chi connectivity index (χ0v) is 8.81. The van der Waals surface area contributed by atoms with E-state index in [9.17, 15) is 8.78 Å². The Hall–Kier alpha value is -0.670. The van der Waals surface area contributed by atoms with Crippen molar-refractivity contribution in [1.29, 1.82) is 0 Å². The highest BCUT2D eigenvalue weighted by Gasteiger charge is 2.27. The van der Waals surface area contributed by atoms with E-state index in [0.29, 0.717) is 18.8 Å². The second kappa shape index (κ2) is 4.45. The normalized spacial score (nSPS) is 23.0. The minimum Gasteiger partial charge on any atom is -0.381 e. The molecule has 0 aromatic heterocycles. The lowest BCUT2D eigenvalue weighted by atomic mass is 9.98. The highest BCUT2D eigenvalue weighted by molar-refractivity contribution is 6.21. The van der Waals surface area contributed by atoms with Crippen LogP contribution < -0.4 is 0 Å². The average molecular weight is 233 g/mol. The van der Waals surface area contributed by atoms with Gasteiger partial charge in [0.05, 0.1) is 12.0 Å². The molecule has 0 saturated carbocycles. The third kappa shape index (κ3) is 2.29. The predicted molar refractivity (Wildman–Crippen MR) is 53.9 cm³/mol. The van der Waals surface area contributed by atoms with Gasteiger partial charge in [0.25, 0.3) is 0 Å². The number of rotatable bonds is 2. The van der Waals surface area contributed by atoms with Crippen molar-refractivity contribution >= 4 is 11.6 Å². The van der Waals surface area contributed by atoms with E-state index in [1.807, 2.05) is 0 Å². The lowest BCUT2D eigenvalue weighted by Crippen LogP contribution is -2.09. The molecular weight excluding hydrogens is 222 g/mol. The average Bonchev–Trinajstić information content (AvgIpc) is 2.69. The van der Waals surface area contributed by atoms with E-state index in [-0.39, 0.29) is 5.92 Å². The molecule has 15 heavy (non-hydrogen) atoms. The summed E-state index contributed by atoms with van der Waals surface area (Å²) in [6.07, 6.45) is 0.824. The summed E-state index contributed by atoms with van der Waals surface area (Å²) in [5, 5.41) is -0.437. The molecule has 0 amide bonds. The molecule has 0 radical (unpaired) electrons. The Balaban J connectivity index is 2.20. The van der Waals surface area contributed by atoms with Gasteiger partial charge in [0.2, 0.25) is 0 Å². The zero-order valence-electron chi connectivity index (χ0n) is 8.05. The van der Waals surface area contributed by atoms with Gasteiger partial charge in [0.15, 0.2) is 0 Å². The first-order valence-electron chi connectivity index (χ1n) is 4.85. The molecule has 0 aliphatic carbocycles. The lowest BCUT2D eigenvalue weighted by molar-refractivity contribution is 0.185. The van der Waals surface area contributed by atoms with E-state index >= 15 is 0 Å². The fourth-order valence-corrected chi connectivity index (χ4v) is 2.14. The van der Waals surface area contributed by atoms with Crippen molar-refractivity contribution in [3.63, 3.8) is 0 Å². The summed E-state index contributed by atoms with van der Waals surface area (Å²) in [4.78, 5) is 0. The second-order valence-corrected chi connectivity index (χ2v) is 4.16. The van der Waals surface area contributed by atoms with Gasteiger partial charge in [-0.05, 0) is 12.5 Å². The quantitative estimate of drug-likeness (QED) is 0.711. The minimum atomic E-state index is -0.582. The molecule has 1 aliphatic heterocycles. The third-order valence-electron chi connectivity index (χ3n) is 2.64. The van der Waals surface area contributed by atoms with Gasteiger partial charge in [-0.3, -0.25) is 0 Å². The molecule has 2 rings (SSSR count). The van der Waals surface area contributed by atoms with Crippen molar-refractivity contribution in [2.75, 3.05) is 13.2 Å². The molecular formula is C11H11ClF2O. The van der Waals surface area contributed by atoms with Crippen LogP contribution >= 0.6 is 11.6 Å². The van der Waals surface area contributed by atoms with Crippen LogP contribution in [-0.2, 0) is 4.74 Å². The van der Waals surface area contributed by atoms with Crippen LogP contribution in [0.5, 0.6) is 0 Å². The molecule has 0 spiro atoms. The van der Waals surface area contributed by atoms with E-state index in [4.69, 9.17) is 16.3 Å². The van der Waals surface area contributed by atoms with E-state index in [1.54, 1.807) is 0 Å². The van der Waals surface area contributed by atoms with Crippen LogP contribution in [0.15, 0.2) is 18.2 Å². The van der Waals surface area contributed by atoms with Crippen LogP contribution in [0.3, 0.4) is 0 Å². The van der Waals surface area contributed by atoms with E-state index in [2.05, 4.69) is 0 Å². The summed E-state index contributed by atoms with van der Waals surface area (Å²) in [6.45, 7) is 1.21. The van der Waals surface area contributed by atoms with Crippen LogP contribution in [0, 0.1) is 17.6 Å². The molecule has 2 atom stereocenters. The summed E-state index contributed by atoms with van der Waals surface area (Å²) >= 11 is 6.13. The van der Waals surface area contributed by atoms with Crippen molar-refractivity contribution in [2.45, 2.75) is 11.8 Å². The first-order valence-corrected chi connectivity index (χ1v) is 5.29. The number of hydrogen-bond donors (Lipinski definition) is 0. The summed E-state index contributed by atoms with van der Waals surface area (Å²) in [5.74, 6) is -1.05. The van der Waals surface area contributed by atoms with Crippen molar-refractivity contribution in [1.82, 2.24) is 0 Å². The molecule has 1 fully saturated rings. The number of benzene rings is 1. The monoisotopic (exact) mass is 232 g/mol. The highest BCUT2D eigenvalue weighted by Crippen LogP contribution is 2.35. The summed E-state index contributed by atoms with van der Waals surface area (Å²) in [7, 11) is 0. The van der Waals surface area contributed by atoms with E-state index in [1.165, 1.54) is 12.1 Å². The molecule has 1 saturated heterocycles. The molecule has 4 heteroatoms. The summed E-state index contributed by atoms with van der Waals surface area (Å²) in [6, 6.07) is 3.49. The Labute approximate surface area is 92.0 Å². The topological polar surface area (TPSA) is 9.23 Å². The third-order valence-corrected chi connectivity index (χ3v) is 3.23. The fourth-order valence-electron chi connectivity index (χ4n) is 1.76. The standard InChI is InChI=1S/C11H11ClF2O/c12-11(7-3-4-15-6-7)9-2-1-8(13)5-10(9)14/h1-2,5,7,11H,3-4,6H2. The number of alkyl halides is 1. The minimum absolute atomic E-state index is 0.117. The van der Waals surface area contributed by atoms with Gasteiger partial charge >= 0.3 is 0 Å². The van der Waals surface area contributed by atoms with Gasteiger partial charge in [-0.2, -0.15) is 0 Å². The first kappa shape index (κ1) is 10.8. The van der Waals surface area contributed by atoms with Crippen LogP contribution in [-0.4, -0.2) is 13.2 Å². The Morgan fingerprint density at radius 2 is 2.20 bits per heavy atom. The molecule has 82 valence electrons. The van der Waals surface area contributed by atoms with Gasteiger partial charge < -0.3 is 4.74 Å². The SMILES string of the molecule is Fc1ccc(C(Cl)C2CCOC2)c(F)c1. The molecule has 1 nitrogen and oxygen atoms in total. The fraction of sp³-hybridized carbons (Fsp3) is 0.455. The van der Waals surface area contributed by atoms with Crippen LogP contribution in [0.1, 0.15) is 17.4 Å². The Morgan fingerprint density at radius 3 is 2.80 bits per heavy atom. The molecule has 1 aromatic rings. The van der Waals surface area contributed by atoms with E-state index in [0.717, 1.165) is 12.5 Å². The smallest absolute Gasteiger partial charge is 0.130 e. The van der Waals surface area contributed by atoms with Crippen LogP contribution in [0.2, 0.25) is 0 Å². The van der Waals surface area contributed by atoms with Crippen LogP contribution in [0.4, 0.5) is 8.78 Å². The molecule has 1 heterocycles. The molecule has 0 N–H and O–H groups in total. The first-order chi connectivity index (χ1) is 7.18. The van der Waals surface area contributed by atoms with Crippen LogP contribution in [0.25, 0.3) is 0 Å². The Morgan fingerprint density at radius 1 is 1.40 bits per heavy atom.